The average Bonchev–Trinajstić information content (AvgIpc) is 3.82. The summed E-state index contributed by atoms with van der Waals surface area (Å²) >= 11 is 1.80. The lowest BCUT2D eigenvalue weighted by Crippen LogP contribution is -2.01. The number of benzene rings is 8. The van der Waals surface area contributed by atoms with Gasteiger partial charge in [0.05, 0.1) is 0 Å². The van der Waals surface area contributed by atoms with E-state index in [9.17, 15) is 0 Å². The van der Waals surface area contributed by atoms with Crippen molar-refractivity contribution in [2.24, 2.45) is 0 Å². The smallest absolute Gasteiger partial charge is 0.164 e. The van der Waals surface area contributed by atoms with E-state index in [1.54, 1.807) is 11.3 Å². The third kappa shape index (κ3) is 5.09. The minimum absolute atomic E-state index is 0.601. The zero-order valence-corrected chi connectivity index (χ0v) is 29.7. The van der Waals surface area contributed by atoms with Crippen molar-refractivity contribution >= 4 is 64.2 Å². The van der Waals surface area contributed by atoms with Crippen molar-refractivity contribution in [3.63, 3.8) is 0 Å². The van der Waals surface area contributed by atoms with Gasteiger partial charge in [-0.1, -0.05) is 133 Å². The molecule has 0 N–H and O–H groups in total. The second-order valence-electron chi connectivity index (χ2n) is 13.6. The second kappa shape index (κ2) is 12.3. The maximum atomic E-state index is 6.31. The normalized spacial score (nSPS) is 11.7. The number of hydrogen-bond acceptors (Lipinski definition) is 5. The summed E-state index contributed by atoms with van der Waals surface area (Å²) in [6.45, 7) is 0. The minimum Gasteiger partial charge on any atom is -0.456 e. The summed E-state index contributed by atoms with van der Waals surface area (Å²) < 4.78 is 8.75. The van der Waals surface area contributed by atoms with Crippen molar-refractivity contribution in [1.29, 1.82) is 0 Å². The number of furan rings is 1. The molecule has 0 radical (unpaired) electrons. The highest BCUT2D eigenvalue weighted by Gasteiger charge is 2.20. The Balaban J connectivity index is 1.15. The maximum absolute atomic E-state index is 6.31. The highest BCUT2D eigenvalue weighted by molar-refractivity contribution is 7.26. The van der Waals surface area contributed by atoms with E-state index in [1.807, 2.05) is 36.4 Å². The van der Waals surface area contributed by atoms with Gasteiger partial charge in [-0.3, -0.25) is 0 Å². The van der Waals surface area contributed by atoms with Crippen molar-refractivity contribution in [3.05, 3.63) is 176 Å². The third-order valence-corrected chi connectivity index (χ3v) is 11.4. The quantitative estimate of drug-likeness (QED) is 0.179. The zero-order valence-electron chi connectivity index (χ0n) is 28.9. The van der Waals surface area contributed by atoms with E-state index in [1.165, 1.54) is 31.3 Å². The summed E-state index contributed by atoms with van der Waals surface area (Å²) in [5, 5.41) is 6.81. The van der Waals surface area contributed by atoms with E-state index in [-0.39, 0.29) is 0 Å². The van der Waals surface area contributed by atoms with Gasteiger partial charge >= 0.3 is 0 Å². The van der Waals surface area contributed by atoms with E-state index in [4.69, 9.17) is 19.4 Å². The van der Waals surface area contributed by atoms with Crippen LogP contribution in [0, 0.1) is 0 Å². The fraction of sp³-hybridized carbons (Fsp3) is 0. The molecule has 3 aromatic heterocycles. The summed E-state index contributed by atoms with van der Waals surface area (Å²) in [5.41, 5.74) is 9.10. The van der Waals surface area contributed by atoms with Gasteiger partial charge in [0.15, 0.2) is 17.5 Å². The van der Waals surface area contributed by atoms with Crippen LogP contribution in [0.2, 0.25) is 0 Å². The van der Waals surface area contributed by atoms with Crippen LogP contribution in [0.4, 0.5) is 0 Å². The van der Waals surface area contributed by atoms with Crippen molar-refractivity contribution in [3.8, 4) is 56.4 Å². The third-order valence-electron chi connectivity index (χ3n) is 10.3. The Morgan fingerprint density at radius 2 is 0.981 bits per heavy atom. The van der Waals surface area contributed by atoms with Gasteiger partial charge in [0.25, 0.3) is 0 Å². The lowest BCUT2D eigenvalue weighted by Gasteiger charge is -2.12. The standard InChI is InChI=1S/C49H29N3OS/c1-3-12-30(13-4-1)32-22-23-34-27-35(25-24-33(34)26-32)47-50-48(52-49(51-47)39-18-11-20-42-45(39)37-16-7-9-19-41(37)53-42)36-28-40(31-14-5-2-6-15-31)46-38-17-8-10-21-43(38)54-44(46)29-36/h1-29H. The summed E-state index contributed by atoms with van der Waals surface area (Å²) in [6, 6.07) is 61.6. The molecule has 0 saturated heterocycles. The Morgan fingerprint density at radius 1 is 0.352 bits per heavy atom. The number of rotatable bonds is 5. The number of nitrogens with zero attached hydrogens (tertiary/aromatic N) is 3. The number of fused-ring (bicyclic) bond motifs is 7. The van der Waals surface area contributed by atoms with E-state index in [0.29, 0.717) is 17.5 Å². The predicted octanol–water partition coefficient (Wildman–Crippen LogP) is 13.6. The fourth-order valence-electron chi connectivity index (χ4n) is 7.74. The Hall–Kier alpha value is -6.95. The van der Waals surface area contributed by atoms with Crippen LogP contribution in [-0.4, -0.2) is 15.0 Å². The molecule has 0 bridgehead atoms. The molecule has 4 nitrogen and oxygen atoms in total. The van der Waals surface area contributed by atoms with Gasteiger partial charge in [0.2, 0.25) is 0 Å². The molecule has 3 heterocycles. The zero-order chi connectivity index (χ0) is 35.6. The summed E-state index contributed by atoms with van der Waals surface area (Å²) in [7, 11) is 0. The van der Waals surface area contributed by atoms with Gasteiger partial charge < -0.3 is 4.42 Å². The van der Waals surface area contributed by atoms with E-state index < -0.39 is 0 Å². The first-order valence-corrected chi connectivity index (χ1v) is 18.8. The van der Waals surface area contributed by atoms with E-state index in [0.717, 1.165) is 60.5 Å². The first-order chi connectivity index (χ1) is 26.7. The molecule has 8 aromatic carbocycles. The molecule has 0 unspecified atom stereocenters. The highest BCUT2D eigenvalue weighted by atomic mass is 32.1. The molecular weight excluding hydrogens is 679 g/mol. The number of para-hydroxylation sites is 1. The van der Waals surface area contributed by atoms with Crippen LogP contribution in [0.5, 0.6) is 0 Å². The van der Waals surface area contributed by atoms with Gasteiger partial charge in [-0.15, -0.1) is 11.3 Å². The Kier molecular flexibility index (Phi) is 7.00. The molecule has 0 aliphatic carbocycles. The van der Waals surface area contributed by atoms with Crippen LogP contribution in [-0.2, 0) is 0 Å². The van der Waals surface area contributed by atoms with Crippen LogP contribution in [0.15, 0.2) is 180 Å². The molecule has 0 spiro atoms. The molecule has 11 aromatic rings. The van der Waals surface area contributed by atoms with Crippen molar-refractivity contribution in [2.75, 3.05) is 0 Å². The molecule has 252 valence electrons. The predicted molar refractivity (Wildman–Crippen MR) is 225 cm³/mol. The van der Waals surface area contributed by atoms with Crippen molar-refractivity contribution < 1.29 is 4.42 Å². The lowest BCUT2D eigenvalue weighted by molar-refractivity contribution is 0.669. The topological polar surface area (TPSA) is 51.8 Å². The van der Waals surface area contributed by atoms with Crippen LogP contribution < -0.4 is 0 Å². The van der Waals surface area contributed by atoms with Gasteiger partial charge in [-0.2, -0.15) is 0 Å². The SMILES string of the molecule is c1ccc(-c2ccc3cc(-c4nc(-c5cc(-c6ccccc6)c6c(c5)sc5ccccc56)nc(-c5cccc6oc7ccccc7c56)n4)ccc3c2)cc1. The van der Waals surface area contributed by atoms with Gasteiger partial charge in [-0.25, -0.2) is 15.0 Å². The Bertz CT molecular complexity index is 3220. The lowest BCUT2D eigenvalue weighted by atomic mass is 9.97. The first kappa shape index (κ1) is 30.7. The number of thiophene rings is 1. The second-order valence-corrected chi connectivity index (χ2v) is 14.7. The molecule has 0 atom stereocenters. The van der Waals surface area contributed by atoms with Crippen LogP contribution in [0.1, 0.15) is 0 Å². The van der Waals surface area contributed by atoms with Crippen LogP contribution in [0.25, 0.3) is 109 Å². The van der Waals surface area contributed by atoms with Gasteiger partial charge in [-0.05, 0) is 75.5 Å². The van der Waals surface area contributed by atoms with Crippen molar-refractivity contribution in [1.82, 2.24) is 15.0 Å². The van der Waals surface area contributed by atoms with Crippen LogP contribution >= 0.6 is 11.3 Å². The minimum atomic E-state index is 0.601. The van der Waals surface area contributed by atoms with Gasteiger partial charge in [0, 0.05) is 47.6 Å². The van der Waals surface area contributed by atoms with Gasteiger partial charge in [0.1, 0.15) is 11.2 Å². The maximum Gasteiger partial charge on any atom is 0.164 e. The highest BCUT2D eigenvalue weighted by Crippen LogP contribution is 2.43. The Morgan fingerprint density at radius 3 is 1.80 bits per heavy atom. The molecule has 0 aliphatic heterocycles. The molecular formula is C49H29N3OS. The molecule has 5 heteroatoms. The van der Waals surface area contributed by atoms with E-state index >= 15 is 0 Å². The summed E-state index contributed by atoms with van der Waals surface area (Å²) in [4.78, 5) is 15.8. The summed E-state index contributed by atoms with van der Waals surface area (Å²) in [5.74, 6) is 1.84. The summed E-state index contributed by atoms with van der Waals surface area (Å²) in [6.07, 6.45) is 0. The van der Waals surface area contributed by atoms with Crippen LogP contribution in [0.3, 0.4) is 0 Å². The fourth-order valence-corrected chi connectivity index (χ4v) is 8.91. The number of hydrogen-bond donors (Lipinski definition) is 0. The first-order valence-electron chi connectivity index (χ1n) is 18.0. The molecule has 0 amide bonds. The molecule has 0 aliphatic rings. The monoisotopic (exact) mass is 707 g/mol. The average molecular weight is 708 g/mol. The number of aromatic nitrogens is 3. The molecule has 54 heavy (non-hydrogen) atoms. The molecule has 0 saturated carbocycles. The Labute approximate surface area is 314 Å². The largest absolute Gasteiger partial charge is 0.456 e. The van der Waals surface area contributed by atoms with E-state index in [2.05, 4.69) is 140 Å². The molecule has 11 rings (SSSR count). The molecule has 0 fully saturated rings. The van der Waals surface area contributed by atoms with Crippen molar-refractivity contribution in [2.45, 2.75) is 0 Å².